The number of Topliss-reactive ketones (excluding diaryl/α,β-unsaturated/α-hetero) is 1. The van der Waals surface area contributed by atoms with Crippen LogP contribution in [-0.2, 0) is 4.74 Å². The Hall–Kier alpha value is -2.35. The molecule has 17 heavy (non-hydrogen) atoms. The molecular formula is C12H9NO4. The van der Waals surface area contributed by atoms with Gasteiger partial charge < -0.3 is 9.47 Å². The molecule has 1 heterocycles. The summed E-state index contributed by atoms with van der Waals surface area (Å²) in [5, 5.41) is 8.91. The lowest BCUT2D eigenvalue weighted by Crippen LogP contribution is -2.20. The highest BCUT2D eigenvalue weighted by atomic mass is 16.5. The van der Waals surface area contributed by atoms with Crippen molar-refractivity contribution in [3.63, 3.8) is 0 Å². The molecule has 0 saturated heterocycles. The third kappa shape index (κ3) is 1.74. The Balaban J connectivity index is 2.69. The zero-order valence-corrected chi connectivity index (χ0v) is 9.15. The number of methoxy groups -OCH3 is 1. The van der Waals surface area contributed by atoms with Crippen molar-refractivity contribution in [3.8, 4) is 11.8 Å². The quantitative estimate of drug-likeness (QED) is 0.681. The third-order valence-corrected chi connectivity index (χ3v) is 2.54. The maximum atomic E-state index is 11.8. The first-order valence-corrected chi connectivity index (χ1v) is 5.00. The Kier molecular flexibility index (Phi) is 2.79. The van der Waals surface area contributed by atoms with Gasteiger partial charge in [-0.1, -0.05) is 0 Å². The van der Waals surface area contributed by atoms with E-state index in [4.69, 9.17) is 10.00 Å². The molecule has 0 unspecified atom stereocenters. The van der Waals surface area contributed by atoms with E-state index in [1.54, 1.807) is 0 Å². The summed E-state index contributed by atoms with van der Waals surface area (Å²) in [6.45, 7) is 0.227. The number of fused-ring (bicyclic) bond motifs is 1. The zero-order chi connectivity index (χ0) is 12.4. The van der Waals surface area contributed by atoms with E-state index < -0.39 is 5.97 Å². The van der Waals surface area contributed by atoms with Gasteiger partial charge in [0, 0.05) is 6.42 Å². The molecule has 0 amide bonds. The molecule has 0 fully saturated rings. The van der Waals surface area contributed by atoms with E-state index in [2.05, 4.69) is 4.74 Å². The molecule has 1 aromatic carbocycles. The average molecular weight is 231 g/mol. The maximum Gasteiger partial charge on any atom is 0.338 e. The molecule has 0 aromatic heterocycles. The molecule has 0 saturated carbocycles. The largest absolute Gasteiger partial charge is 0.491 e. The highest BCUT2D eigenvalue weighted by Crippen LogP contribution is 2.31. The van der Waals surface area contributed by atoms with Crippen molar-refractivity contribution in [3.05, 3.63) is 28.8 Å². The van der Waals surface area contributed by atoms with E-state index in [1.807, 2.05) is 6.07 Å². The molecule has 0 radical (unpaired) electrons. The Morgan fingerprint density at radius 2 is 2.29 bits per heavy atom. The van der Waals surface area contributed by atoms with E-state index in [9.17, 15) is 9.59 Å². The van der Waals surface area contributed by atoms with Gasteiger partial charge in [0.1, 0.15) is 11.8 Å². The van der Waals surface area contributed by atoms with Gasteiger partial charge in [-0.15, -0.1) is 0 Å². The number of nitrogens with zero attached hydrogens (tertiary/aromatic N) is 1. The number of carbonyl (C=O) groups is 2. The number of rotatable bonds is 1. The maximum absolute atomic E-state index is 11.8. The van der Waals surface area contributed by atoms with Crippen molar-refractivity contribution in [1.82, 2.24) is 0 Å². The van der Waals surface area contributed by atoms with E-state index in [0.29, 0.717) is 0 Å². The number of hydrogen-bond acceptors (Lipinski definition) is 5. The van der Waals surface area contributed by atoms with Crippen molar-refractivity contribution in [1.29, 1.82) is 5.26 Å². The van der Waals surface area contributed by atoms with Crippen molar-refractivity contribution < 1.29 is 19.1 Å². The van der Waals surface area contributed by atoms with Crippen LogP contribution in [0.1, 0.15) is 32.7 Å². The van der Waals surface area contributed by atoms with Crippen molar-refractivity contribution in [2.75, 3.05) is 13.7 Å². The molecule has 0 atom stereocenters. The molecule has 2 rings (SSSR count). The standard InChI is InChI=1S/C12H9NO4/c1-16-12(15)8-3-2-7(6-13)11-10(8)9(14)4-5-17-11/h2-3H,4-5H2,1H3. The summed E-state index contributed by atoms with van der Waals surface area (Å²) in [5.74, 6) is -0.625. The molecule has 0 bridgehead atoms. The van der Waals surface area contributed by atoms with E-state index >= 15 is 0 Å². The molecular weight excluding hydrogens is 222 g/mol. The van der Waals surface area contributed by atoms with Crippen molar-refractivity contribution in [2.24, 2.45) is 0 Å². The van der Waals surface area contributed by atoms with Crippen LogP contribution in [0, 0.1) is 11.3 Å². The summed E-state index contributed by atoms with van der Waals surface area (Å²) in [7, 11) is 1.24. The van der Waals surface area contributed by atoms with Crippen LogP contribution in [0.25, 0.3) is 0 Å². The second-order valence-electron chi connectivity index (χ2n) is 3.49. The predicted octanol–water partition coefficient (Wildman–Crippen LogP) is 1.31. The fraction of sp³-hybridized carbons (Fsp3) is 0.250. The molecule has 86 valence electrons. The fourth-order valence-electron chi connectivity index (χ4n) is 1.75. The Bertz CT molecular complexity index is 542. The summed E-state index contributed by atoms with van der Waals surface area (Å²) in [6, 6.07) is 4.79. The van der Waals surface area contributed by atoms with Crippen LogP contribution >= 0.6 is 0 Å². The normalized spacial score (nSPS) is 13.3. The highest BCUT2D eigenvalue weighted by molar-refractivity contribution is 6.09. The van der Waals surface area contributed by atoms with Crippen LogP contribution in [0.3, 0.4) is 0 Å². The smallest absolute Gasteiger partial charge is 0.338 e. The molecule has 1 aromatic rings. The molecule has 5 nitrogen and oxygen atoms in total. The van der Waals surface area contributed by atoms with Crippen LogP contribution in [0.15, 0.2) is 12.1 Å². The zero-order valence-electron chi connectivity index (χ0n) is 9.15. The number of carbonyl (C=O) groups excluding carboxylic acids is 2. The average Bonchev–Trinajstić information content (AvgIpc) is 2.37. The Morgan fingerprint density at radius 3 is 2.94 bits per heavy atom. The summed E-state index contributed by atoms with van der Waals surface area (Å²) in [6.07, 6.45) is 0.200. The monoisotopic (exact) mass is 231 g/mol. The first-order valence-electron chi connectivity index (χ1n) is 5.00. The minimum atomic E-state index is -0.607. The molecule has 5 heteroatoms. The number of nitriles is 1. The topological polar surface area (TPSA) is 76.4 Å². The molecule has 1 aliphatic rings. The van der Waals surface area contributed by atoms with Crippen molar-refractivity contribution >= 4 is 11.8 Å². The van der Waals surface area contributed by atoms with Crippen molar-refractivity contribution in [2.45, 2.75) is 6.42 Å². The number of ether oxygens (including phenoxy) is 2. The molecule has 1 aliphatic heterocycles. The summed E-state index contributed by atoms with van der Waals surface area (Å²) in [4.78, 5) is 23.3. The Labute approximate surface area is 97.6 Å². The highest BCUT2D eigenvalue weighted by Gasteiger charge is 2.28. The van der Waals surface area contributed by atoms with Crippen LogP contribution in [0.5, 0.6) is 5.75 Å². The molecule has 0 spiro atoms. The van der Waals surface area contributed by atoms with Crippen LogP contribution < -0.4 is 4.74 Å². The molecule has 0 aliphatic carbocycles. The minimum Gasteiger partial charge on any atom is -0.491 e. The van der Waals surface area contributed by atoms with Gasteiger partial charge in [-0.2, -0.15) is 5.26 Å². The summed E-state index contributed by atoms with van der Waals surface area (Å²) in [5.41, 5.74) is 0.550. The van der Waals surface area contributed by atoms with Gasteiger partial charge in [0.25, 0.3) is 0 Å². The van der Waals surface area contributed by atoms with E-state index in [-0.39, 0.29) is 41.3 Å². The lowest BCUT2D eigenvalue weighted by atomic mass is 9.96. The van der Waals surface area contributed by atoms with Gasteiger partial charge in [0.2, 0.25) is 0 Å². The van der Waals surface area contributed by atoms with Gasteiger partial charge in [-0.3, -0.25) is 4.79 Å². The van der Waals surface area contributed by atoms with Gasteiger partial charge in [-0.05, 0) is 12.1 Å². The van der Waals surface area contributed by atoms with E-state index in [0.717, 1.165) is 0 Å². The van der Waals surface area contributed by atoms with Gasteiger partial charge in [-0.25, -0.2) is 4.79 Å². The van der Waals surface area contributed by atoms with Gasteiger partial charge in [0.05, 0.1) is 30.4 Å². The Morgan fingerprint density at radius 1 is 1.53 bits per heavy atom. The second-order valence-corrected chi connectivity index (χ2v) is 3.49. The first-order chi connectivity index (χ1) is 8.19. The van der Waals surface area contributed by atoms with Gasteiger partial charge >= 0.3 is 5.97 Å². The summed E-state index contributed by atoms with van der Waals surface area (Å²) < 4.78 is 9.89. The SMILES string of the molecule is COC(=O)c1ccc(C#N)c2c1C(=O)CCO2. The molecule has 0 N–H and O–H groups in total. The summed E-state index contributed by atoms with van der Waals surface area (Å²) >= 11 is 0. The van der Waals surface area contributed by atoms with Crippen LogP contribution in [-0.4, -0.2) is 25.5 Å². The fourth-order valence-corrected chi connectivity index (χ4v) is 1.75. The first kappa shape index (κ1) is 11.1. The third-order valence-electron chi connectivity index (χ3n) is 2.54. The van der Waals surface area contributed by atoms with Gasteiger partial charge in [0.15, 0.2) is 5.78 Å². The predicted molar refractivity (Wildman–Crippen MR) is 56.9 cm³/mol. The minimum absolute atomic E-state index is 0.145. The lowest BCUT2D eigenvalue weighted by molar-refractivity contribution is 0.0594. The number of hydrogen-bond donors (Lipinski definition) is 0. The lowest BCUT2D eigenvalue weighted by Gasteiger charge is -2.19. The van der Waals surface area contributed by atoms with Crippen LogP contribution in [0.4, 0.5) is 0 Å². The van der Waals surface area contributed by atoms with E-state index in [1.165, 1.54) is 19.2 Å². The number of benzene rings is 1. The second kappa shape index (κ2) is 4.26. The number of esters is 1. The van der Waals surface area contributed by atoms with Crippen LogP contribution in [0.2, 0.25) is 0 Å². The number of ketones is 1.